The number of fused-ring (bicyclic) bond motifs is 1. The molecule has 2 aromatic rings. The number of esters is 1. The molecule has 0 spiro atoms. The lowest BCUT2D eigenvalue weighted by atomic mass is 9.95. The zero-order chi connectivity index (χ0) is 20.6. The predicted molar refractivity (Wildman–Crippen MR) is 112 cm³/mol. The minimum absolute atomic E-state index is 0.252. The van der Waals surface area contributed by atoms with Crippen molar-refractivity contribution >= 4 is 34.4 Å². The summed E-state index contributed by atoms with van der Waals surface area (Å²) in [6.45, 7) is 1.81. The molecule has 1 heterocycles. The van der Waals surface area contributed by atoms with E-state index in [1.54, 1.807) is 14.0 Å². The fourth-order valence-corrected chi connectivity index (χ4v) is 4.41. The normalized spacial score (nSPS) is 13.0. The van der Waals surface area contributed by atoms with Gasteiger partial charge in [0.05, 0.1) is 25.5 Å². The van der Waals surface area contributed by atoms with Crippen LogP contribution in [0.3, 0.4) is 0 Å². The molecule has 1 N–H and O–H groups in total. The second-order valence-electron chi connectivity index (χ2n) is 6.46. The number of nitrogens with one attached hydrogen (secondary N) is 1. The van der Waals surface area contributed by atoms with Gasteiger partial charge in [-0.05, 0) is 68.0 Å². The Balaban J connectivity index is 1.60. The first-order valence-corrected chi connectivity index (χ1v) is 10.3. The average molecular weight is 416 g/mol. The first-order valence-electron chi connectivity index (χ1n) is 9.53. The van der Waals surface area contributed by atoms with Crippen molar-refractivity contribution in [3.8, 4) is 5.75 Å². The quantitative estimate of drug-likeness (QED) is 0.402. The largest absolute Gasteiger partial charge is 0.497 e. The summed E-state index contributed by atoms with van der Waals surface area (Å²) in [5.41, 5.74) is 2.32. The molecule has 0 unspecified atom stereocenters. The van der Waals surface area contributed by atoms with Gasteiger partial charge in [-0.1, -0.05) is 5.16 Å². The summed E-state index contributed by atoms with van der Waals surface area (Å²) >= 11 is 1.45. The van der Waals surface area contributed by atoms with Crippen molar-refractivity contribution < 1.29 is 23.9 Å². The molecule has 154 valence electrons. The fraction of sp³-hybridized carbons (Fsp3) is 0.381. The highest BCUT2D eigenvalue weighted by molar-refractivity contribution is 7.17. The highest BCUT2D eigenvalue weighted by Crippen LogP contribution is 2.38. The van der Waals surface area contributed by atoms with E-state index in [0.29, 0.717) is 17.2 Å². The molecule has 29 heavy (non-hydrogen) atoms. The van der Waals surface area contributed by atoms with E-state index in [1.807, 2.05) is 24.3 Å². The second kappa shape index (κ2) is 10.1. The Bertz CT molecular complexity index is 889. The van der Waals surface area contributed by atoms with Crippen LogP contribution in [0.5, 0.6) is 5.75 Å². The van der Waals surface area contributed by atoms with Crippen LogP contribution in [0.25, 0.3) is 0 Å². The van der Waals surface area contributed by atoms with E-state index in [4.69, 9.17) is 14.3 Å². The van der Waals surface area contributed by atoms with Gasteiger partial charge in [-0.3, -0.25) is 4.79 Å². The molecule has 0 atom stereocenters. The number of benzene rings is 1. The molecule has 0 fully saturated rings. The van der Waals surface area contributed by atoms with Crippen LogP contribution in [0.4, 0.5) is 5.00 Å². The topological polar surface area (TPSA) is 86.2 Å². The Kier molecular flexibility index (Phi) is 7.24. The van der Waals surface area contributed by atoms with Crippen molar-refractivity contribution in [2.75, 3.05) is 25.6 Å². The van der Waals surface area contributed by atoms with Gasteiger partial charge in [-0.2, -0.15) is 0 Å². The van der Waals surface area contributed by atoms with E-state index in [0.717, 1.165) is 47.4 Å². The third-order valence-electron chi connectivity index (χ3n) is 4.49. The van der Waals surface area contributed by atoms with Crippen LogP contribution in [0.15, 0.2) is 29.4 Å². The Labute approximate surface area is 173 Å². The zero-order valence-corrected chi connectivity index (χ0v) is 17.3. The van der Waals surface area contributed by atoms with Crippen molar-refractivity contribution in [2.24, 2.45) is 5.16 Å². The summed E-state index contributed by atoms with van der Waals surface area (Å²) in [4.78, 5) is 30.9. The van der Waals surface area contributed by atoms with Crippen LogP contribution in [0.1, 0.15) is 46.1 Å². The highest BCUT2D eigenvalue weighted by Gasteiger charge is 2.27. The van der Waals surface area contributed by atoms with Crippen LogP contribution in [0, 0.1) is 0 Å². The van der Waals surface area contributed by atoms with E-state index in [-0.39, 0.29) is 18.5 Å². The van der Waals surface area contributed by atoms with Gasteiger partial charge in [0.1, 0.15) is 10.8 Å². The summed E-state index contributed by atoms with van der Waals surface area (Å²) in [5.74, 6) is -0.0137. The lowest BCUT2D eigenvalue weighted by molar-refractivity contribution is -0.120. The zero-order valence-electron chi connectivity index (χ0n) is 16.5. The lowest BCUT2D eigenvalue weighted by Crippen LogP contribution is -2.19. The van der Waals surface area contributed by atoms with Crippen LogP contribution < -0.4 is 10.1 Å². The monoisotopic (exact) mass is 416 g/mol. The Morgan fingerprint density at radius 3 is 2.69 bits per heavy atom. The smallest absolute Gasteiger partial charge is 0.341 e. The first kappa shape index (κ1) is 20.9. The van der Waals surface area contributed by atoms with E-state index >= 15 is 0 Å². The predicted octanol–water partition coefficient (Wildman–Crippen LogP) is 3.80. The third-order valence-corrected chi connectivity index (χ3v) is 5.70. The summed E-state index contributed by atoms with van der Waals surface area (Å²) < 4.78 is 10.3. The Morgan fingerprint density at radius 1 is 1.21 bits per heavy atom. The van der Waals surface area contributed by atoms with Crippen LogP contribution >= 0.6 is 11.3 Å². The summed E-state index contributed by atoms with van der Waals surface area (Å²) in [6, 6.07) is 7.27. The third kappa shape index (κ3) is 5.35. The second-order valence-corrected chi connectivity index (χ2v) is 7.57. The number of anilines is 1. The molecule has 7 nitrogen and oxygen atoms in total. The van der Waals surface area contributed by atoms with Gasteiger partial charge < -0.3 is 19.6 Å². The van der Waals surface area contributed by atoms with Gasteiger partial charge in [-0.25, -0.2) is 4.79 Å². The van der Waals surface area contributed by atoms with Gasteiger partial charge in [0.15, 0.2) is 6.61 Å². The van der Waals surface area contributed by atoms with Crippen molar-refractivity contribution in [3.63, 3.8) is 0 Å². The number of ether oxygens (including phenoxy) is 2. The average Bonchev–Trinajstić information content (AvgIpc) is 3.09. The molecular formula is C21H24N2O5S. The van der Waals surface area contributed by atoms with Gasteiger partial charge in [0, 0.05) is 4.88 Å². The minimum atomic E-state index is -0.388. The van der Waals surface area contributed by atoms with Gasteiger partial charge in [-0.15, -0.1) is 11.3 Å². The number of rotatable bonds is 8. The number of methoxy groups -OCH3 is 1. The number of thiophene rings is 1. The van der Waals surface area contributed by atoms with Crippen molar-refractivity contribution in [2.45, 2.75) is 32.6 Å². The SMILES string of the molecule is CCOC(=O)c1c(NC(=O)CON=Cc2ccc(OC)cc2)sc2c1CCCC2. The van der Waals surface area contributed by atoms with Gasteiger partial charge in [0.25, 0.3) is 5.91 Å². The maximum atomic E-state index is 12.4. The number of aryl methyl sites for hydroxylation is 1. The Hall–Kier alpha value is -2.87. The fourth-order valence-electron chi connectivity index (χ4n) is 3.12. The molecule has 8 heteroatoms. The van der Waals surface area contributed by atoms with E-state index in [2.05, 4.69) is 10.5 Å². The van der Waals surface area contributed by atoms with Crippen molar-refractivity contribution in [1.29, 1.82) is 0 Å². The molecule has 1 aromatic heterocycles. The van der Waals surface area contributed by atoms with Crippen LogP contribution in [-0.2, 0) is 27.2 Å². The number of hydrogen-bond acceptors (Lipinski definition) is 7. The minimum Gasteiger partial charge on any atom is -0.497 e. The summed E-state index contributed by atoms with van der Waals surface area (Å²) in [6.07, 6.45) is 5.39. The van der Waals surface area contributed by atoms with Crippen LogP contribution in [0.2, 0.25) is 0 Å². The molecular weight excluding hydrogens is 392 g/mol. The molecule has 1 aromatic carbocycles. The number of nitrogens with zero attached hydrogens (tertiary/aromatic N) is 1. The molecule has 1 aliphatic rings. The molecule has 0 saturated carbocycles. The number of carbonyl (C=O) groups is 2. The Morgan fingerprint density at radius 2 is 1.97 bits per heavy atom. The number of amides is 1. The number of oxime groups is 1. The first-order chi connectivity index (χ1) is 14.1. The standard InChI is InChI=1S/C21H24N2O5S/c1-3-27-21(25)19-16-6-4-5-7-17(16)29-20(19)23-18(24)13-28-22-12-14-8-10-15(26-2)11-9-14/h8-12H,3-7,13H2,1-2H3,(H,23,24). The maximum Gasteiger partial charge on any atom is 0.341 e. The number of carbonyl (C=O) groups excluding carboxylic acids is 2. The maximum absolute atomic E-state index is 12.4. The molecule has 1 amide bonds. The molecule has 0 radical (unpaired) electrons. The highest BCUT2D eigenvalue weighted by atomic mass is 32.1. The van der Waals surface area contributed by atoms with E-state index in [1.165, 1.54) is 17.6 Å². The van der Waals surface area contributed by atoms with Crippen molar-refractivity contribution in [3.05, 3.63) is 45.8 Å². The van der Waals surface area contributed by atoms with Gasteiger partial charge >= 0.3 is 5.97 Å². The molecule has 0 saturated heterocycles. The van der Waals surface area contributed by atoms with Crippen LogP contribution in [-0.4, -0.2) is 38.4 Å². The lowest BCUT2D eigenvalue weighted by Gasteiger charge is -2.12. The van der Waals surface area contributed by atoms with Crippen molar-refractivity contribution in [1.82, 2.24) is 0 Å². The van der Waals surface area contributed by atoms with E-state index < -0.39 is 0 Å². The summed E-state index contributed by atoms with van der Waals surface area (Å²) in [5, 5.41) is 7.13. The molecule has 3 rings (SSSR count). The molecule has 0 aliphatic heterocycles. The molecule has 1 aliphatic carbocycles. The van der Waals surface area contributed by atoms with Gasteiger partial charge in [0.2, 0.25) is 0 Å². The van der Waals surface area contributed by atoms with E-state index in [9.17, 15) is 9.59 Å². The summed E-state index contributed by atoms with van der Waals surface area (Å²) in [7, 11) is 1.60. The number of hydrogen-bond donors (Lipinski definition) is 1. The molecule has 0 bridgehead atoms.